The molecule has 2 fully saturated rings. The lowest BCUT2D eigenvalue weighted by molar-refractivity contribution is -0.125. The van der Waals surface area contributed by atoms with Crippen LogP contribution >= 0.6 is 24.0 Å². The molecule has 2 heterocycles. The van der Waals surface area contributed by atoms with E-state index in [0.717, 1.165) is 0 Å². The Labute approximate surface area is 91.9 Å². The molecule has 0 saturated carbocycles. The number of hydrogen-bond donors (Lipinski definition) is 0. The van der Waals surface area contributed by atoms with E-state index in [2.05, 4.69) is 0 Å². The third-order valence-corrected chi connectivity index (χ3v) is 5.49. The molecule has 78 valence electrons. The molecule has 0 N–H and O–H groups in total. The van der Waals surface area contributed by atoms with Crippen LogP contribution in [-0.4, -0.2) is 46.8 Å². The molecule has 1 amide bonds. The number of rotatable bonds is 1. The third kappa shape index (κ3) is 1.80. The maximum atomic E-state index is 11.4. The van der Waals surface area contributed by atoms with Crippen molar-refractivity contribution in [3.8, 4) is 0 Å². The van der Waals surface area contributed by atoms with Crippen LogP contribution in [0.4, 0.5) is 0 Å². The largest absolute Gasteiger partial charge is 0.293 e. The molecule has 0 aromatic heterocycles. The quantitative estimate of drug-likeness (QED) is 0.616. The van der Waals surface area contributed by atoms with Crippen LogP contribution in [0.3, 0.4) is 0 Å². The van der Waals surface area contributed by atoms with E-state index in [1.807, 2.05) is 0 Å². The van der Waals surface area contributed by atoms with E-state index < -0.39 is 9.84 Å². The van der Waals surface area contributed by atoms with Crippen LogP contribution in [0, 0.1) is 0 Å². The van der Waals surface area contributed by atoms with Gasteiger partial charge in [-0.15, -0.1) is 0 Å². The van der Waals surface area contributed by atoms with Crippen molar-refractivity contribution in [3.63, 3.8) is 0 Å². The van der Waals surface area contributed by atoms with Gasteiger partial charge in [0.05, 0.1) is 23.3 Å². The number of sulfone groups is 1. The van der Waals surface area contributed by atoms with Crippen molar-refractivity contribution in [1.82, 2.24) is 4.90 Å². The first-order valence-electron chi connectivity index (χ1n) is 4.19. The van der Waals surface area contributed by atoms with Crippen molar-refractivity contribution in [1.29, 1.82) is 0 Å². The maximum Gasteiger partial charge on any atom is 0.238 e. The van der Waals surface area contributed by atoms with Crippen molar-refractivity contribution in [2.75, 3.05) is 17.3 Å². The first-order valence-corrected chi connectivity index (χ1v) is 7.40. The number of thiocarbonyl (C=S) groups is 1. The molecule has 7 heteroatoms. The SMILES string of the molecule is O=C1CSC(=S)N1C1CCS(=O)(=O)C1. The standard InChI is InChI=1S/C7H9NO3S3/c9-6-3-13-7(12)8(6)5-1-2-14(10,11)4-5/h5H,1-4H2. The second-order valence-electron chi connectivity index (χ2n) is 3.38. The highest BCUT2D eigenvalue weighted by Gasteiger charge is 2.39. The average molecular weight is 251 g/mol. The van der Waals surface area contributed by atoms with Gasteiger partial charge in [-0.2, -0.15) is 0 Å². The lowest BCUT2D eigenvalue weighted by atomic mass is 10.2. The highest BCUT2D eigenvalue weighted by Crippen LogP contribution is 2.27. The molecule has 0 bridgehead atoms. The van der Waals surface area contributed by atoms with Gasteiger partial charge in [-0.1, -0.05) is 24.0 Å². The van der Waals surface area contributed by atoms with Crippen LogP contribution in [0.25, 0.3) is 0 Å². The van der Waals surface area contributed by atoms with Gasteiger partial charge in [0, 0.05) is 0 Å². The molecule has 0 aliphatic carbocycles. The summed E-state index contributed by atoms with van der Waals surface area (Å²) in [6, 6.07) is -0.213. The van der Waals surface area contributed by atoms with Crippen LogP contribution in [0.2, 0.25) is 0 Å². The van der Waals surface area contributed by atoms with E-state index in [1.54, 1.807) is 0 Å². The summed E-state index contributed by atoms with van der Waals surface area (Å²) >= 11 is 6.32. The molecule has 1 unspecified atom stereocenters. The highest BCUT2D eigenvalue weighted by molar-refractivity contribution is 8.24. The van der Waals surface area contributed by atoms with Crippen molar-refractivity contribution >= 4 is 44.0 Å². The van der Waals surface area contributed by atoms with Gasteiger partial charge in [-0.05, 0) is 6.42 Å². The fraction of sp³-hybridized carbons (Fsp3) is 0.714. The highest BCUT2D eigenvalue weighted by atomic mass is 32.2. The maximum absolute atomic E-state index is 11.4. The summed E-state index contributed by atoms with van der Waals surface area (Å²) in [7, 11) is -2.94. The minimum absolute atomic E-state index is 0.0536. The molecule has 1 atom stereocenters. The van der Waals surface area contributed by atoms with Gasteiger partial charge in [-0.3, -0.25) is 9.69 Å². The summed E-state index contributed by atoms with van der Waals surface area (Å²) in [5.41, 5.74) is 0. The van der Waals surface area contributed by atoms with E-state index in [-0.39, 0.29) is 23.5 Å². The molecule has 2 rings (SSSR count). The summed E-state index contributed by atoms with van der Waals surface area (Å²) in [5.74, 6) is 0.547. The van der Waals surface area contributed by atoms with Crippen LogP contribution in [0.5, 0.6) is 0 Å². The van der Waals surface area contributed by atoms with Crippen molar-refractivity contribution < 1.29 is 13.2 Å². The second-order valence-corrected chi connectivity index (χ2v) is 7.21. The van der Waals surface area contributed by atoms with E-state index in [4.69, 9.17) is 12.2 Å². The zero-order valence-corrected chi connectivity index (χ0v) is 9.75. The predicted octanol–water partition coefficient (Wildman–Crippen LogP) is 0.0338. The molecular formula is C7H9NO3S3. The van der Waals surface area contributed by atoms with Gasteiger partial charge in [-0.25, -0.2) is 8.42 Å². The molecule has 14 heavy (non-hydrogen) atoms. The smallest absolute Gasteiger partial charge is 0.238 e. The van der Waals surface area contributed by atoms with Crippen LogP contribution < -0.4 is 0 Å². The molecule has 2 saturated heterocycles. The molecule has 2 aliphatic heterocycles. The lowest BCUT2D eigenvalue weighted by Gasteiger charge is -2.21. The fourth-order valence-electron chi connectivity index (χ4n) is 1.70. The minimum atomic E-state index is -2.94. The summed E-state index contributed by atoms with van der Waals surface area (Å²) in [6.45, 7) is 0. The number of nitrogens with zero attached hydrogens (tertiary/aromatic N) is 1. The Bertz CT molecular complexity index is 373. The first-order chi connectivity index (χ1) is 6.49. The predicted molar refractivity (Wildman–Crippen MR) is 59.0 cm³/mol. The molecule has 2 aliphatic rings. The number of carbonyl (C=O) groups excluding carboxylic acids is 1. The Balaban J connectivity index is 2.17. The fourth-order valence-corrected chi connectivity index (χ4v) is 4.60. The molecule has 0 aromatic rings. The Morgan fingerprint density at radius 2 is 2.21 bits per heavy atom. The topological polar surface area (TPSA) is 54.5 Å². The van der Waals surface area contributed by atoms with Gasteiger partial charge in [0.2, 0.25) is 5.91 Å². The van der Waals surface area contributed by atoms with Gasteiger partial charge < -0.3 is 0 Å². The Morgan fingerprint density at radius 1 is 1.50 bits per heavy atom. The van der Waals surface area contributed by atoms with Crippen molar-refractivity contribution in [2.24, 2.45) is 0 Å². The van der Waals surface area contributed by atoms with E-state index in [0.29, 0.717) is 16.5 Å². The van der Waals surface area contributed by atoms with Crippen LogP contribution in [0.15, 0.2) is 0 Å². The Hall–Kier alpha value is -0.140. The zero-order chi connectivity index (χ0) is 10.3. The number of hydrogen-bond acceptors (Lipinski definition) is 5. The number of thioether (sulfide) groups is 1. The van der Waals surface area contributed by atoms with Gasteiger partial charge in [0.15, 0.2) is 9.84 Å². The van der Waals surface area contributed by atoms with E-state index in [1.165, 1.54) is 16.7 Å². The Kier molecular flexibility index (Phi) is 2.57. The molecule has 4 nitrogen and oxygen atoms in total. The number of carbonyl (C=O) groups is 1. The average Bonchev–Trinajstić information content (AvgIpc) is 2.56. The summed E-state index contributed by atoms with van der Waals surface area (Å²) in [5, 5.41) is 0. The van der Waals surface area contributed by atoms with E-state index >= 15 is 0 Å². The van der Waals surface area contributed by atoms with Crippen LogP contribution in [-0.2, 0) is 14.6 Å². The van der Waals surface area contributed by atoms with Crippen molar-refractivity contribution in [2.45, 2.75) is 12.5 Å². The second kappa shape index (κ2) is 3.46. The lowest BCUT2D eigenvalue weighted by Crippen LogP contribution is -2.39. The van der Waals surface area contributed by atoms with Crippen LogP contribution in [0.1, 0.15) is 6.42 Å². The third-order valence-electron chi connectivity index (χ3n) is 2.36. The number of amides is 1. The van der Waals surface area contributed by atoms with Gasteiger partial charge >= 0.3 is 0 Å². The van der Waals surface area contributed by atoms with Gasteiger partial charge in [0.1, 0.15) is 4.32 Å². The van der Waals surface area contributed by atoms with E-state index in [9.17, 15) is 13.2 Å². The molecule has 0 spiro atoms. The van der Waals surface area contributed by atoms with Crippen molar-refractivity contribution in [3.05, 3.63) is 0 Å². The summed E-state index contributed by atoms with van der Waals surface area (Å²) < 4.78 is 23.0. The van der Waals surface area contributed by atoms with Gasteiger partial charge in [0.25, 0.3) is 0 Å². The minimum Gasteiger partial charge on any atom is -0.293 e. The zero-order valence-electron chi connectivity index (χ0n) is 7.30. The molecule has 0 radical (unpaired) electrons. The Morgan fingerprint density at radius 3 is 2.64 bits per heavy atom. The molecule has 0 aromatic carbocycles. The summed E-state index contributed by atoms with van der Waals surface area (Å²) in [6.07, 6.45) is 0.523. The first kappa shape index (κ1) is 10.4. The molecular weight excluding hydrogens is 242 g/mol. The summed E-state index contributed by atoms with van der Waals surface area (Å²) in [4.78, 5) is 12.9. The monoisotopic (exact) mass is 251 g/mol. The normalized spacial score (nSPS) is 31.4.